The summed E-state index contributed by atoms with van der Waals surface area (Å²) in [4.78, 5) is 18.8. The minimum atomic E-state index is -0.440. The van der Waals surface area contributed by atoms with Gasteiger partial charge in [0.1, 0.15) is 17.6 Å². The van der Waals surface area contributed by atoms with Crippen LogP contribution in [0.5, 0.6) is 5.75 Å². The zero-order valence-corrected chi connectivity index (χ0v) is 21.5. The van der Waals surface area contributed by atoms with Gasteiger partial charge in [-0.3, -0.25) is 15.2 Å². The first-order valence-corrected chi connectivity index (χ1v) is 12.7. The van der Waals surface area contributed by atoms with Gasteiger partial charge in [0.25, 0.3) is 0 Å². The maximum Gasteiger partial charge on any atom is 0.168 e. The predicted octanol–water partition coefficient (Wildman–Crippen LogP) is 5.49. The lowest BCUT2D eigenvalue weighted by molar-refractivity contribution is -0.102. The van der Waals surface area contributed by atoms with Crippen molar-refractivity contribution in [2.45, 2.75) is 13.0 Å². The molecule has 1 aromatic carbocycles. The number of ether oxygens (including phenoxy) is 1. The Bertz CT molecular complexity index is 1160. The van der Waals surface area contributed by atoms with Crippen molar-refractivity contribution >= 4 is 63.1 Å². The van der Waals surface area contributed by atoms with Crippen LogP contribution >= 0.6 is 23.2 Å². The zero-order chi connectivity index (χ0) is 25.3. The van der Waals surface area contributed by atoms with Crippen LogP contribution in [0.15, 0.2) is 53.3 Å². The van der Waals surface area contributed by atoms with Crippen LogP contribution in [0.3, 0.4) is 0 Å². The summed E-state index contributed by atoms with van der Waals surface area (Å²) in [6.45, 7) is 1.79. The number of nitrogens with one attached hydrogen (secondary N) is 2. The van der Waals surface area contributed by atoms with Crippen molar-refractivity contribution in [3.05, 3.63) is 70.1 Å². The van der Waals surface area contributed by atoms with Crippen LogP contribution in [0.25, 0.3) is 0 Å². The van der Waals surface area contributed by atoms with E-state index >= 15 is 0 Å². The van der Waals surface area contributed by atoms with Gasteiger partial charge >= 0.3 is 0 Å². The van der Waals surface area contributed by atoms with Crippen molar-refractivity contribution in [1.29, 1.82) is 5.41 Å². The summed E-state index contributed by atoms with van der Waals surface area (Å²) in [5.74, 6) is 1.26. The third kappa shape index (κ3) is 7.79. The Morgan fingerprint density at radius 3 is 2.41 bits per heavy atom. The number of anilines is 2. The van der Waals surface area contributed by atoms with Crippen LogP contribution in [0.4, 0.5) is 17.2 Å². The molecule has 0 aliphatic rings. The van der Waals surface area contributed by atoms with E-state index in [1.54, 1.807) is 25.3 Å². The highest BCUT2D eigenvalue weighted by Crippen LogP contribution is 2.33. The lowest BCUT2D eigenvalue weighted by atomic mass is 10.1. The number of pyridine rings is 2. The first-order valence-electron chi connectivity index (χ1n) is 9.98. The van der Waals surface area contributed by atoms with Crippen molar-refractivity contribution in [3.8, 4) is 5.75 Å². The summed E-state index contributed by atoms with van der Waals surface area (Å²) in [5, 5.41) is 11.4. The van der Waals surface area contributed by atoms with E-state index in [-0.39, 0.29) is 16.4 Å². The molecule has 0 aliphatic heterocycles. The Labute approximate surface area is 211 Å². The number of carbonyl (C=O) groups excluding carboxylic acids is 1. The largest absolute Gasteiger partial charge is 0.486 e. The third-order valence-corrected chi connectivity index (χ3v) is 5.51. The number of aldehydes is 1. The number of aromatic nitrogens is 2. The smallest absolute Gasteiger partial charge is 0.168 e. The average Bonchev–Trinajstić information content (AvgIpc) is 2.80. The number of halogens is 2. The van der Waals surface area contributed by atoms with Gasteiger partial charge in [-0.2, -0.15) is 0 Å². The molecule has 0 spiro atoms. The molecule has 0 amide bonds. The highest BCUT2D eigenvalue weighted by Gasteiger charge is 2.17. The minimum Gasteiger partial charge on any atom is -0.486 e. The van der Waals surface area contributed by atoms with E-state index in [9.17, 15) is 4.79 Å². The van der Waals surface area contributed by atoms with Crippen molar-refractivity contribution in [2.24, 2.45) is 4.36 Å². The van der Waals surface area contributed by atoms with Gasteiger partial charge in [0.2, 0.25) is 0 Å². The average molecular weight is 521 g/mol. The Morgan fingerprint density at radius 2 is 1.88 bits per heavy atom. The minimum absolute atomic E-state index is 0.0670. The molecular formula is C23H26Cl2N6O2S. The zero-order valence-electron chi connectivity index (χ0n) is 19.2. The van der Waals surface area contributed by atoms with Crippen LogP contribution < -0.4 is 15.8 Å². The lowest BCUT2D eigenvalue weighted by Crippen LogP contribution is -2.08. The molecule has 8 nitrogen and oxygen atoms in total. The first kappa shape index (κ1) is 27.2. The second-order valence-electron chi connectivity index (χ2n) is 7.08. The van der Waals surface area contributed by atoms with Crippen molar-refractivity contribution in [2.75, 3.05) is 30.6 Å². The summed E-state index contributed by atoms with van der Waals surface area (Å²) in [5.41, 5.74) is 7.81. The predicted molar refractivity (Wildman–Crippen MR) is 142 cm³/mol. The summed E-state index contributed by atoms with van der Waals surface area (Å²) in [7, 11) is 1.94. The van der Waals surface area contributed by atoms with E-state index in [0.29, 0.717) is 38.9 Å². The summed E-state index contributed by atoms with van der Waals surface area (Å²) >= 11 is 12.2. The molecule has 4 N–H and O–H groups in total. The van der Waals surface area contributed by atoms with Gasteiger partial charge in [0, 0.05) is 36.3 Å². The summed E-state index contributed by atoms with van der Waals surface area (Å²) < 4.78 is 10.1. The Kier molecular flexibility index (Phi) is 10.4. The number of carbonyl (C=O) groups is 1. The van der Waals surface area contributed by atoms with Crippen LogP contribution in [0, 0.1) is 5.41 Å². The Morgan fingerprint density at radius 1 is 1.21 bits per heavy atom. The van der Waals surface area contributed by atoms with E-state index < -0.39 is 6.10 Å². The number of hydrogen-bond donors (Lipinski definition) is 3. The van der Waals surface area contributed by atoms with Crippen molar-refractivity contribution in [1.82, 2.24) is 9.97 Å². The molecular weight excluding hydrogens is 495 g/mol. The Hall–Kier alpha value is -3.01. The molecule has 11 heteroatoms. The second kappa shape index (κ2) is 13.0. The van der Waals surface area contributed by atoms with Crippen molar-refractivity contribution in [3.63, 3.8) is 0 Å². The van der Waals surface area contributed by atoms with Gasteiger partial charge in [-0.05, 0) is 49.8 Å². The fraction of sp³-hybridized carbons (Fsp3) is 0.217. The van der Waals surface area contributed by atoms with Gasteiger partial charge in [-0.15, -0.1) is 0 Å². The molecule has 2 aromatic heterocycles. The molecule has 3 rings (SSSR count). The van der Waals surface area contributed by atoms with Crippen LogP contribution in [0.2, 0.25) is 10.0 Å². The molecule has 180 valence electrons. The van der Waals surface area contributed by atoms with E-state index in [0.717, 1.165) is 11.5 Å². The first-order chi connectivity index (χ1) is 16.2. The van der Waals surface area contributed by atoms with E-state index in [1.165, 1.54) is 18.5 Å². The summed E-state index contributed by atoms with van der Waals surface area (Å²) in [6.07, 6.45) is 8.87. The number of nitrogens with zero attached hydrogens (tertiary/aromatic N) is 3. The highest BCUT2D eigenvalue weighted by molar-refractivity contribution is 7.85. The van der Waals surface area contributed by atoms with Crippen LogP contribution in [-0.4, -0.2) is 41.5 Å². The maximum atomic E-state index is 10.7. The topological polar surface area (TPSA) is 126 Å². The Balaban J connectivity index is 0.000000287. The molecule has 0 radical (unpaired) electrons. The molecule has 2 heterocycles. The number of nitrogen functional groups attached to an aromatic ring is 1. The molecule has 3 aromatic rings. The molecule has 34 heavy (non-hydrogen) atoms. The third-order valence-electron chi connectivity index (χ3n) is 4.36. The molecule has 0 saturated carbocycles. The number of rotatable bonds is 7. The molecule has 0 bridgehead atoms. The SMILES string of the molecule is CC(Oc1ccc(N)c(C(=N)C=O)c1)c1c(Cl)cncc1Cl.CNc1ccc(N=S(C)C)nc1. The molecule has 0 fully saturated rings. The fourth-order valence-corrected chi connectivity index (χ4v) is 3.91. The molecule has 1 unspecified atom stereocenters. The fourth-order valence-electron chi connectivity index (χ4n) is 2.75. The molecule has 0 saturated heterocycles. The highest BCUT2D eigenvalue weighted by atomic mass is 35.5. The second-order valence-corrected chi connectivity index (χ2v) is 9.62. The van der Waals surface area contributed by atoms with E-state index in [2.05, 4.69) is 32.2 Å². The molecule has 0 aliphatic carbocycles. The standard InChI is InChI=1S/C15H13Cl2N3O2.C8H13N3S/c1-8(15-11(16)5-20-6-12(15)17)22-9-2-3-13(18)10(4-9)14(19)7-21;1-9-7-4-5-8(10-6-7)11-12(2)3/h2-8,19H,18H2,1H3;4-6,9H,1-3H3. The van der Waals surface area contributed by atoms with E-state index in [4.69, 9.17) is 39.1 Å². The van der Waals surface area contributed by atoms with Gasteiger partial charge in [-0.1, -0.05) is 33.9 Å². The van der Waals surface area contributed by atoms with Gasteiger partial charge in [-0.25, -0.2) is 9.35 Å². The van der Waals surface area contributed by atoms with Crippen LogP contribution in [0.1, 0.15) is 24.2 Å². The van der Waals surface area contributed by atoms with Gasteiger partial charge in [0.05, 0.1) is 21.9 Å². The van der Waals surface area contributed by atoms with Gasteiger partial charge < -0.3 is 15.8 Å². The quantitative estimate of drug-likeness (QED) is 0.214. The van der Waals surface area contributed by atoms with E-state index in [1.807, 2.05) is 19.2 Å². The number of nitrogens with two attached hydrogens (primary N) is 1. The van der Waals surface area contributed by atoms with Crippen molar-refractivity contribution < 1.29 is 9.53 Å². The number of hydrogen-bond acceptors (Lipinski definition) is 8. The van der Waals surface area contributed by atoms with Gasteiger partial charge in [0.15, 0.2) is 12.1 Å². The number of benzene rings is 1. The molecule has 1 atom stereocenters. The summed E-state index contributed by atoms with van der Waals surface area (Å²) in [6, 6.07) is 8.64. The monoisotopic (exact) mass is 520 g/mol. The van der Waals surface area contributed by atoms with Crippen LogP contribution in [-0.2, 0) is 15.5 Å². The lowest BCUT2D eigenvalue weighted by Gasteiger charge is -2.18. The maximum absolute atomic E-state index is 10.7. The normalized spacial score (nSPS) is 11.1.